The summed E-state index contributed by atoms with van der Waals surface area (Å²) in [6, 6.07) is 9.20. The van der Waals surface area contributed by atoms with E-state index in [2.05, 4.69) is 15.0 Å². The van der Waals surface area contributed by atoms with Gasteiger partial charge in [-0.2, -0.15) is 0 Å². The molecule has 13 heteroatoms. The van der Waals surface area contributed by atoms with E-state index in [0.29, 0.717) is 53.8 Å². The van der Waals surface area contributed by atoms with Crippen molar-refractivity contribution in [3.8, 4) is 11.5 Å². The van der Waals surface area contributed by atoms with Crippen molar-refractivity contribution < 1.29 is 23.4 Å². The zero-order valence-corrected chi connectivity index (χ0v) is 24.5. The normalized spacial score (nSPS) is 15.0. The number of ether oxygens (including phenoxy) is 3. The molecule has 212 valence electrons. The van der Waals surface area contributed by atoms with Crippen LogP contribution in [0.2, 0.25) is 0 Å². The molecule has 4 heterocycles. The Hall–Kier alpha value is -4.36. The number of hydrogen-bond donors (Lipinski definition) is 1. The Labute approximate surface area is 241 Å². The minimum absolute atomic E-state index is 0.164. The number of carbonyl (C=O) groups excluding carboxylic acids is 1. The topological polar surface area (TPSA) is 138 Å². The molecule has 1 aliphatic heterocycles. The molecule has 0 radical (unpaired) electrons. The van der Waals surface area contributed by atoms with Crippen LogP contribution in [0, 0.1) is 6.92 Å². The van der Waals surface area contributed by atoms with Crippen molar-refractivity contribution in [3.05, 3.63) is 94.7 Å². The maximum absolute atomic E-state index is 13.9. The Bertz CT molecular complexity index is 1920. The predicted octanol–water partition coefficient (Wildman–Crippen LogP) is 2.95. The number of fused-ring (bicyclic) bond motifs is 1. The highest BCUT2D eigenvalue weighted by atomic mass is 32.2. The number of allylic oxidation sites excluding steroid dienone is 1. The van der Waals surface area contributed by atoms with Gasteiger partial charge in [-0.1, -0.05) is 11.3 Å². The number of H-pyrrole nitrogens is 1. The fourth-order valence-corrected chi connectivity index (χ4v) is 6.25. The first-order chi connectivity index (χ1) is 19.7. The second-order valence-corrected chi connectivity index (χ2v) is 10.9. The molecule has 0 saturated heterocycles. The highest BCUT2D eigenvalue weighted by Crippen LogP contribution is 2.37. The number of thiazole rings is 1. The molecular formula is C28H26N4O7S2. The van der Waals surface area contributed by atoms with Gasteiger partial charge in [0.05, 0.1) is 36.6 Å². The number of hydrogen-bond acceptors (Lipinski definition) is 11. The van der Waals surface area contributed by atoms with Crippen molar-refractivity contribution in [1.82, 2.24) is 14.5 Å². The molecule has 0 spiro atoms. The number of furan rings is 1. The monoisotopic (exact) mass is 594 g/mol. The number of aromatic amines is 1. The number of rotatable bonds is 8. The summed E-state index contributed by atoms with van der Waals surface area (Å²) in [4.78, 5) is 50.8. The maximum Gasteiger partial charge on any atom is 0.338 e. The van der Waals surface area contributed by atoms with E-state index in [1.807, 2.05) is 0 Å². The number of carbonyl (C=O) groups is 1. The van der Waals surface area contributed by atoms with E-state index in [1.54, 1.807) is 64.3 Å². The van der Waals surface area contributed by atoms with E-state index >= 15 is 0 Å². The second kappa shape index (κ2) is 11.6. The summed E-state index contributed by atoms with van der Waals surface area (Å²) in [6.45, 7) is 5.33. The first-order valence-electron chi connectivity index (χ1n) is 12.5. The standard InChI is InChI=1S/C28H26N4O7S2/c1-6-38-26(35)23-15(3)30-28-32(24(23)18-9-7-16(36-4)12-19(18)37-5)25(34)20(40-28)13-17-8-10-22(39-17)41-27-29-14(2)11-21(33)31-27/h7-13,24H,6H2,1-5H3,(H,29,31,33)/b20-13+/t24-/m1/s1. The van der Waals surface area contributed by atoms with Crippen molar-refractivity contribution >= 4 is 35.1 Å². The van der Waals surface area contributed by atoms with Crippen LogP contribution in [0.1, 0.15) is 36.9 Å². The Morgan fingerprint density at radius 1 is 1.17 bits per heavy atom. The van der Waals surface area contributed by atoms with E-state index in [9.17, 15) is 14.4 Å². The molecule has 11 nitrogen and oxygen atoms in total. The minimum atomic E-state index is -0.847. The number of nitrogens with one attached hydrogen (secondary N) is 1. The van der Waals surface area contributed by atoms with Gasteiger partial charge in [-0.05, 0) is 56.8 Å². The second-order valence-electron chi connectivity index (χ2n) is 8.86. The smallest absolute Gasteiger partial charge is 0.338 e. The fourth-order valence-electron chi connectivity index (χ4n) is 4.42. The van der Waals surface area contributed by atoms with Gasteiger partial charge in [-0.15, -0.1) is 0 Å². The van der Waals surface area contributed by atoms with Gasteiger partial charge in [0.1, 0.15) is 23.3 Å². The zero-order chi connectivity index (χ0) is 29.3. The van der Waals surface area contributed by atoms with E-state index in [-0.39, 0.29) is 23.3 Å². The van der Waals surface area contributed by atoms with E-state index in [0.717, 1.165) is 11.8 Å². The van der Waals surface area contributed by atoms with Crippen molar-refractivity contribution in [2.24, 2.45) is 4.99 Å². The summed E-state index contributed by atoms with van der Waals surface area (Å²) in [6.07, 6.45) is 1.62. The van der Waals surface area contributed by atoms with Crippen LogP contribution in [-0.2, 0) is 9.53 Å². The van der Waals surface area contributed by atoms with Gasteiger partial charge in [0, 0.05) is 29.5 Å². The van der Waals surface area contributed by atoms with Gasteiger partial charge >= 0.3 is 5.97 Å². The Kier molecular flexibility index (Phi) is 7.99. The van der Waals surface area contributed by atoms with Gasteiger partial charge in [-0.3, -0.25) is 14.2 Å². The lowest BCUT2D eigenvalue weighted by molar-refractivity contribution is -0.139. The minimum Gasteiger partial charge on any atom is -0.497 e. The Balaban J connectivity index is 1.61. The lowest BCUT2D eigenvalue weighted by Crippen LogP contribution is -2.40. The molecule has 1 atom stereocenters. The van der Waals surface area contributed by atoms with Gasteiger partial charge in [0.25, 0.3) is 11.1 Å². The molecular weight excluding hydrogens is 568 g/mol. The largest absolute Gasteiger partial charge is 0.497 e. The highest BCUT2D eigenvalue weighted by molar-refractivity contribution is 7.99. The molecule has 0 aliphatic carbocycles. The van der Waals surface area contributed by atoms with Gasteiger partial charge in [0.15, 0.2) is 15.1 Å². The maximum atomic E-state index is 13.9. The Morgan fingerprint density at radius 2 is 1.98 bits per heavy atom. The third kappa shape index (κ3) is 5.63. The molecule has 1 N–H and O–H groups in total. The number of aromatic nitrogens is 3. The molecule has 1 aliphatic rings. The number of esters is 1. The summed E-state index contributed by atoms with van der Waals surface area (Å²) < 4.78 is 24.1. The number of aryl methyl sites for hydroxylation is 1. The molecule has 1 aromatic carbocycles. The fraction of sp³-hybridized carbons (Fsp3) is 0.250. The summed E-state index contributed by atoms with van der Waals surface area (Å²) in [5, 5.41) is 0.879. The zero-order valence-electron chi connectivity index (χ0n) is 22.8. The van der Waals surface area contributed by atoms with E-state index in [1.165, 1.54) is 29.1 Å². The number of nitrogens with zero attached hydrogens (tertiary/aromatic N) is 3. The summed E-state index contributed by atoms with van der Waals surface area (Å²) in [5.41, 5.74) is 1.23. The predicted molar refractivity (Wildman–Crippen MR) is 152 cm³/mol. The van der Waals surface area contributed by atoms with E-state index in [4.69, 9.17) is 18.6 Å². The average Bonchev–Trinajstić information content (AvgIpc) is 3.50. The molecule has 4 aromatic rings. The first kappa shape index (κ1) is 28.2. The van der Waals surface area contributed by atoms with Crippen molar-refractivity contribution in [2.45, 2.75) is 37.1 Å². The molecule has 5 rings (SSSR count). The summed E-state index contributed by atoms with van der Waals surface area (Å²) in [7, 11) is 3.05. The van der Waals surface area contributed by atoms with Crippen LogP contribution < -0.4 is 29.9 Å². The summed E-state index contributed by atoms with van der Waals surface area (Å²) >= 11 is 2.33. The van der Waals surface area contributed by atoms with Crippen LogP contribution in [-0.4, -0.2) is 41.3 Å². The quantitative estimate of drug-likeness (QED) is 0.241. The molecule has 0 unspecified atom stereocenters. The van der Waals surface area contributed by atoms with E-state index < -0.39 is 12.0 Å². The third-order valence-electron chi connectivity index (χ3n) is 6.17. The number of methoxy groups -OCH3 is 2. The molecule has 3 aromatic heterocycles. The lowest BCUT2D eigenvalue weighted by atomic mass is 9.95. The highest BCUT2D eigenvalue weighted by Gasteiger charge is 2.35. The van der Waals surface area contributed by atoms with Crippen molar-refractivity contribution in [2.75, 3.05) is 20.8 Å². The van der Waals surface area contributed by atoms with Crippen LogP contribution in [0.15, 0.2) is 76.9 Å². The lowest BCUT2D eigenvalue weighted by Gasteiger charge is -2.26. The SMILES string of the molecule is CCOC(=O)C1=C(C)N=c2s/c(=C/c3ccc(Sc4nc(C)cc(=O)[nH]4)o3)c(=O)n2[C@@H]1c1ccc(OC)cc1OC. The molecule has 0 saturated carbocycles. The van der Waals surface area contributed by atoms with Gasteiger partial charge in [0.2, 0.25) is 0 Å². The number of benzene rings is 1. The van der Waals surface area contributed by atoms with Gasteiger partial charge in [-0.25, -0.2) is 14.8 Å². The van der Waals surface area contributed by atoms with Crippen LogP contribution in [0.25, 0.3) is 6.08 Å². The van der Waals surface area contributed by atoms with Gasteiger partial charge < -0.3 is 23.6 Å². The Morgan fingerprint density at radius 3 is 2.68 bits per heavy atom. The first-order valence-corrected chi connectivity index (χ1v) is 14.1. The van der Waals surface area contributed by atoms with Crippen molar-refractivity contribution in [3.63, 3.8) is 0 Å². The van der Waals surface area contributed by atoms with Crippen molar-refractivity contribution in [1.29, 1.82) is 0 Å². The van der Waals surface area contributed by atoms with Crippen LogP contribution in [0.4, 0.5) is 0 Å². The van der Waals surface area contributed by atoms with Crippen LogP contribution >= 0.6 is 23.1 Å². The third-order valence-corrected chi connectivity index (χ3v) is 7.96. The van der Waals surface area contributed by atoms with Crippen LogP contribution in [0.3, 0.4) is 0 Å². The molecule has 0 fully saturated rings. The average molecular weight is 595 g/mol. The molecule has 0 bridgehead atoms. The molecule has 41 heavy (non-hydrogen) atoms. The van der Waals surface area contributed by atoms with Crippen LogP contribution in [0.5, 0.6) is 11.5 Å². The molecule has 0 amide bonds. The summed E-state index contributed by atoms with van der Waals surface area (Å²) in [5.74, 6) is 0.859.